The molecule has 1 heterocycles. The van der Waals surface area contributed by atoms with E-state index in [0.717, 1.165) is 38.8 Å². The van der Waals surface area contributed by atoms with Crippen LogP contribution in [-0.4, -0.2) is 35.7 Å². The van der Waals surface area contributed by atoms with Gasteiger partial charge in [0.05, 0.1) is 5.60 Å². The lowest BCUT2D eigenvalue weighted by atomic mass is 9.75. The molecule has 2 unspecified atom stereocenters. The molecule has 3 rings (SSSR count). The van der Waals surface area contributed by atoms with Crippen LogP contribution in [0.3, 0.4) is 0 Å². The van der Waals surface area contributed by atoms with E-state index >= 15 is 0 Å². The van der Waals surface area contributed by atoms with E-state index in [2.05, 4.69) is 36.2 Å². The van der Waals surface area contributed by atoms with Crippen LogP contribution in [0.4, 0.5) is 0 Å². The third kappa shape index (κ3) is 3.07. The third-order valence-corrected chi connectivity index (χ3v) is 5.26. The van der Waals surface area contributed by atoms with Crippen molar-refractivity contribution >= 4 is 0 Å². The molecule has 0 spiro atoms. The molecule has 1 aliphatic carbocycles. The van der Waals surface area contributed by atoms with Gasteiger partial charge in [0, 0.05) is 6.54 Å². The summed E-state index contributed by atoms with van der Waals surface area (Å²) in [6, 6.07) is 8.86. The van der Waals surface area contributed by atoms with Crippen molar-refractivity contribution in [1.82, 2.24) is 4.90 Å². The van der Waals surface area contributed by atoms with E-state index in [0.29, 0.717) is 5.92 Å². The van der Waals surface area contributed by atoms with Gasteiger partial charge in [0.15, 0.2) is 0 Å². The predicted octanol–water partition coefficient (Wildman–Crippen LogP) is 3.34. The molecule has 0 amide bonds. The summed E-state index contributed by atoms with van der Waals surface area (Å²) in [5, 5.41) is 11.0. The highest BCUT2D eigenvalue weighted by Crippen LogP contribution is 2.39. The molecule has 20 heavy (non-hydrogen) atoms. The van der Waals surface area contributed by atoms with Gasteiger partial charge in [-0.15, -0.1) is 0 Å². The molecule has 1 aromatic rings. The Morgan fingerprint density at radius 1 is 1.20 bits per heavy atom. The number of hydrogen-bond donors (Lipinski definition) is 1. The zero-order chi connectivity index (χ0) is 14.0. The lowest BCUT2D eigenvalue weighted by Crippen LogP contribution is -2.33. The van der Waals surface area contributed by atoms with Gasteiger partial charge in [0.25, 0.3) is 0 Å². The second kappa shape index (κ2) is 5.87. The summed E-state index contributed by atoms with van der Waals surface area (Å²) in [7, 11) is 2.17. The maximum Gasteiger partial charge on any atom is 0.0666 e. The van der Waals surface area contributed by atoms with Crippen LogP contribution in [0.25, 0.3) is 0 Å². The molecular weight excluding hydrogens is 246 g/mol. The van der Waals surface area contributed by atoms with Crippen LogP contribution in [0, 0.1) is 0 Å². The van der Waals surface area contributed by atoms with Crippen LogP contribution in [0.2, 0.25) is 0 Å². The van der Waals surface area contributed by atoms with Crippen LogP contribution < -0.4 is 0 Å². The number of nitrogens with zero attached hydrogens (tertiary/aromatic N) is 1. The Labute approximate surface area is 122 Å². The lowest BCUT2D eigenvalue weighted by molar-refractivity contribution is 0.00927. The zero-order valence-corrected chi connectivity index (χ0v) is 12.6. The number of fused-ring (bicyclic) bond motifs is 1. The van der Waals surface area contributed by atoms with Gasteiger partial charge >= 0.3 is 0 Å². The number of rotatable bonds is 2. The number of aryl methyl sites for hydroxylation is 1. The van der Waals surface area contributed by atoms with Gasteiger partial charge in [-0.05, 0) is 75.6 Å². The van der Waals surface area contributed by atoms with E-state index < -0.39 is 5.60 Å². The largest absolute Gasteiger partial charge is 0.390 e. The molecule has 1 N–H and O–H groups in total. The second-order valence-corrected chi connectivity index (χ2v) is 6.87. The summed E-state index contributed by atoms with van der Waals surface area (Å²) in [5.74, 6) is 0.563. The van der Waals surface area contributed by atoms with Crippen molar-refractivity contribution in [2.45, 2.75) is 56.5 Å². The summed E-state index contributed by atoms with van der Waals surface area (Å²) in [4.78, 5) is 2.35. The van der Waals surface area contributed by atoms with Gasteiger partial charge in [-0.3, -0.25) is 0 Å². The molecule has 1 aliphatic heterocycles. The van der Waals surface area contributed by atoms with Crippen molar-refractivity contribution in [3.8, 4) is 0 Å². The van der Waals surface area contributed by atoms with E-state index in [1.165, 1.54) is 30.4 Å². The van der Waals surface area contributed by atoms with Gasteiger partial charge in [-0.2, -0.15) is 0 Å². The predicted molar refractivity (Wildman–Crippen MR) is 83.0 cm³/mol. The molecular formula is C18H27NO. The first-order chi connectivity index (χ1) is 9.66. The van der Waals surface area contributed by atoms with E-state index in [-0.39, 0.29) is 0 Å². The van der Waals surface area contributed by atoms with Gasteiger partial charge in [0.1, 0.15) is 0 Å². The maximum absolute atomic E-state index is 11.0. The van der Waals surface area contributed by atoms with E-state index in [9.17, 15) is 5.11 Å². The second-order valence-electron chi connectivity index (χ2n) is 6.87. The average Bonchev–Trinajstić information content (AvgIpc) is 2.61. The SMILES string of the molecule is CN1CCCC(O)(CC2CCCc3ccccc32)CC1. The van der Waals surface area contributed by atoms with Gasteiger partial charge in [-0.1, -0.05) is 24.3 Å². The standard InChI is InChI=1S/C18H27NO/c1-19-12-5-10-18(20,11-13-19)14-16-8-4-7-15-6-2-3-9-17(15)16/h2-3,6,9,16,20H,4-5,7-8,10-14H2,1H3. The summed E-state index contributed by atoms with van der Waals surface area (Å²) < 4.78 is 0. The fourth-order valence-corrected chi connectivity index (χ4v) is 4.04. The molecule has 2 heteroatoms. The Balaban J connectivity index is 1.74. The smallest absolute Gasteiger partial charge is 0.0666 e. The van der Waals surface area contributed by atoms with Crippen molar-refractivity contribution in [1.29, 1.82) is 0 Å². The summed E-state index contributed by atoms with van der Waals surface area (Å²) in [6.07, 6.45) is 7.72. The topological polar surface area (TPSA) is 23.5 Å². The Bertz CT molecular complexity index is 458. The minimum Gasteiger partial charge on any atom is -0.390 e. The molecule has 110 valence electrons. The first kappa shape index (κ1) is 14.1. The molecule has 0 radical (unpaired) electrons. The van der Waals surface area contributed by atoms with E-state index in [1.807, 2.05) is 0 Å². The first-order valence-electron chi connectivity index (χ1n) is 8.15. The van der Waals surface area contributed by atoms with Gasteiger partial charge in [0.2, 0.25) is 0 Å². The van der Waals surface area contributed by atoms with Crippen LogP contribution >= 0.6 is 0 Å². The minimum atomic E-state index is -0.445. The number of benzene rings is 1. The number of aliphatic hydroxyl groups is 1. The minimum absolute atomic E-state index is 0.445. The normalized spacial score (nSPS) is 31.6. The lowest BCUT2D eigenvalue weighted by Gasteiger charge is -2.34. The molecule has 0 bridgehead atoms. The van der Waals surface area contributed by atoms with Crippen molar-refractivity contribution in [3.63, 3.8) is 0 Å². The quantitative estimate of drug-likeness (QED) is 0.893. The van der Waals surface area contributed by atoms with Crippen LogP contribution in [0.15, 0.2) is 24.3 Å². The highest BCUT2D eigenvalue weighted by Gasteiger charge is 2.34. The maximum atomic E-state index is 11.0. The fraction of sp³-hybridized carbons (Fsp3) is 0.667. The average molecular weight is 273 g/mol. The molecule has 1 aromatic carbocycles. The molecule has 0 saturated carbocycles. The Morgan fingerprint density at radius 2 is 2.05 bits per heavy atom. The first-order valence-corrected chi connectivity index (χ1v) is 8.15. The molecule has 0 aromatic heterocycles. The van der Waals surface area contributed by atoms with Gasteiger partial charge in [-0.25, -0.2) is 0 Å². The molecule has 2 atom stereocenters. The Morgan fingerprint density at radius 3 is 2.95 bits per heavy atom. The fourth-order valence-electron chi connectivity index (χ4n) is 4.04. The monoisotopic (exact) mass is 273 g/mol. The van der Waals surface area contributed by atoms with E-state index in [1.54, 1.807) is 0 Å². The molecule has 2 aliphatic rings. The summed E-state index contributed by atoms with van der Waals surface area (Å²) in [6.45, 7) is 2.16. The highest BCUT2D eigenvalue weighted by atomic mass is 16.3. The highest BCUT2D eigenvalue weighted by molar-refractivity contribution is 5.32. The summed E-state index contributed by atoms with van der Waals surface area (Å²) >= 11 is 0. The van der Waals surface area contributed by atoms with Crippen molar-refractivity contribution in [3.05, 3.63) is 35.4 Å². The zero-order valence-electron chi connectivity index (χ0n) is 12.6. The molecule has 2 nitrogen and oxygen atoms in total. The number of likely N-dealkylation sites (tertiary alicyclic amines) is 1. The Hall–Kier alpha value is -0.860. The Kier molecular flexibility index (Phi) is 4.13. The van der Waals surface area contributed by atoms with Crippen LogP contribution in [0.1, 0.15) is 55.6 Å². The van der Waals surface area contributed by atoms with Crippen molar-refractivity contribution in [2.24, 2.45) is 0 Å². The van der Waals surface area contributed by atoms with Crippen molar-refractivity contribution in [2.75, 3.05) is 20.1 Å². The molecule has 1 fully saturated rings. The third-order valence-electron chi connectivity index (χ3n) is 5.26. The molecule has 1 saturated heterocycles. The number of hydrogen-bond acceptors (Lipinski definition) is 2. The van der Waals surface area contributed by atoms with Gasteiger partial charge < -0.3 is 10.0 Å². The van der Waals surface area contributed by atoms with E-state index in [4.69, 9.17) is 0 Å². The summed E-state index contributed by atoms with van der Waals surface area (Å²) in [5.41, 5.74) is 2.57. The van der Waals surface area contributed by atoms with Crippen LogP contribution in [0.5, 0.6) is 0 Å². The van der Waals surface area contributed by atoms with Crippen molar-refractivity contribution < 1.29 is 5.11 Å². The van der Waals surface area contributed by atoms with Crippen LogP contribution in [-0.2, 0) is 6.42 Å².